The van der Waals surface area contributed by atoms with Crippen LogP contribution in [0.1, 0.15) is 18.5 Å². The summed E-state index contributed by atoms with van der Waals surface area (Å²) in [7, 11) is 1.88. The molecule has 0 radical (unpaired) electrons. The van der Waals surface area contributed by atoms with Gasteiger partial charge in [-0.15, -0.1) is 11.8 Å². The first-order valence-electron chi connectivity index (χ1n) is 4.23. The number of thioether (sulfide) groups is 1. The molecule has 1 aromatic carbocycles. The second kappa shape index (κ2) is 4.53. The SMILES string of the molecule is CNC(C)c1cc(SC)ccc1O. The minimum atomic E-state index is 0.187. The molecular weight excluding hydrogens is 182 g/mol. The lowest BCUT2D eigenvalue weighted by atomic mass is 10.1. The molecule has 2 N–H and O–H groups in total. The van der Waals surface area contributed by atoms with Gasteiger partial charge >= 0.3 is 0 Å². The summed E-state index contributed by atoms with van der Waals surface area (Å²) in [6.07, 6.45) is 2.03. The van der Waals surface area contributed by atoms with E-state index in [0.717, 1.165) is 5.56 Å². The highest BCUT2D eigenvalue weighted by Gasteiger charge is 2.08. The first kappa shape index (κ1) is 10.4. The first-order chi connectivity index (χ1) is 6.19. The van der Waals surface area contributed by atoms with Crippen molar-refractivity contribution in [2.45, 2.75) is 17.9 Å². The second-order valence-electron chi connectivity index (χ2n) is 2.94. The minimum Gasteiger partial charge on any atom is -0.508 e. The molecule has 0 aliphatic rings. The zero-order valence-corrected chi connectivity index (χ0v) is 8.98. The van der Waals surface area contributed by atoms with E-state index in [9.17, 15) is 5.11 Å². The number of benzene rings is 1. The second-order valence-corrected chi connectivity index (χ2v) is 3.81. The molecule has 1 atom stereocenters. The van der Waals surface area contributed by atoms with Gasteiger partial charge in [0.2, 0.25) is 0 Å². The Bertz CT molecular complexity index is 288. The van der Waals surface area contributed by atoms with Crippen molar-refractivity contribution in [2.24, 2.45) is 0 Å². The normalized spacial score (nSPS) is 12.8. The van der Waals surface area contributed by atoms with Gasteiger partial charge in [0.15, 0.2) is 0 Å². The molecule has 0 aliphatic carbocycles. The van der Waals surface area contributed by atoms with Crippen molar-refractivity contribution in [1.82, 2.24) is 5.32 Å². The van der Waals surface area contributed by atoms with Gasteiger partial charge in [0.05, 0.1) is 0 Å². The number of nitrogens with one attached hydrogen (secondary N) is 1. The van der Waals surface area contributed by atoms with Crippen LogP contribution >= 0.6 is 11.8 Å². The maximum atomic E-state index is 9.58. The van der Waals surface area contributed by atoms with E-state index in [2.05, 4.69) is 5.32 Å². The van der Waals surface area contributed by atoms with E-state index in [-0.39, 0.29) is 6.04 Å². The van der Waals surface area contributed by atoms with Gasteiger partial charge < -0.3 is 10.4 Å². The maximum Gasteiger partial charge on any atom is 0.120 e. The summed E-state index contributed by atoms with van der Waals surface area (Å²) in [6, 6.07) is 5.87. The Kier molecular flexibility index (Phi) is 3.63. The Labute approximate surface area is 83.4 Å². The van der Waals surface area contributed by atoms with Gasteiger partial charge in [0.25, 0.3) is 0 Å². The first-order valence-corrected chi connectivity index (χ1v) is 5.45. The van der Waals surface area contributed by atoms with Crippen molar-refractivity contribution >= 4 is 11.8 Å². The van der Waals surface area contributed by atoms with Crippen molar-refractivity contribution in [1.29, 1.82) is 0 Å². The van der Waals surface area contributed by atoms with Gasteiger partial charge in [-0.3, -0.25) is 0 Å². The van der Waals surface area contributed by atoms with Crippen molar-refractivity contribution < 1.29 is 5.11 Å². The largest absolute Gasteiger partial charge is 0.508 e. The molecule has 0 amide bonds. The lowest BCUT2D eigenvalue weighted by Gasteiger charge is -2.13. The lowest BCUT2D eigenvalue weighted by molar-refractivity contribution is 0.457. The van der Waals surface area contributed by atoms with Crippen molar-refractivity contribution in [3.05, 3.63) is 23.8 Å². The fraction of sp³-hybridized carbons (Fsp3) is 0.400. The van der Waals surface area contributed by atoms with Crippen molar-refractivity contribution in [3.8, 4) is 5.75 Å². The topological polar surface area (TPSA) is 32.3 Å². The quantitative estimate of drug-likeness (QED) is 0.730. The summed E-state index contributed by atoms with van der Waals surface area (Å²) in [5, 5.41) is 12.7. The van der Waals surface area contributed by atoms with E-state index >= 15 is 0 Å². The van der Waals surface area contributed by atoms with Gasteiger partial charge in [0, 0.05) is 16.5 Å². The van der Waals surface area contributed by atoms with Gasteiger partial charge in [-0.05, 0) is 38.4 Å². The van der Waals surface area contributed by atoms with Crippen LogP contribution in [-0.4, -0.2) is 18.4 Å². The van der Waals surface area contributed by atoms with E-state index in [1.54, 1.807) is 17.8 Å². The fourth-order valence-electron chi connectivity index (χ4n) is 1.16. The van der Waals surface area contributed by atoms with Gasteiger partial charge in [-0.2, -0.15) is 0 Å². The van der Waals surface area contributed by atoms with Crippen LogP contribution in [0.4, 0.5) is 0 Å². The molecule has 1 unspecified atom stereocenters. The smallest absolute Gasteiger partial charge is 0.120 e. The summed E-state index contributed by atoms with van der Waals surface area (Å²) in [6.45, 7) is 2.03. The Morgan fingerprint density at radius 3 is 2.69 bits per heavy atom. The molecular formula is C10H15NOS. The van der Waals surface area contributed by atoms with Gasteiger partial charge in [0.1, 0.15) is 5.75 Å². The monoisotopic (exact) mass is 197 g/mol. The molecule has 72 valence electrons. The van der Waals surface area contributed by atoms with E-state index < -0.39 is 0 Å². The van der Waals surface area contributed by atoms with E-state index in [1.165, 1.54) is 4.90 Å². The summed E-state index contributed by atoms with van der Waals surface area (Å²) in [5.74, 6) is 0.361. The molecule has 3 heteroatoms. The Hall–Kier alpha value is -0.670. The van der Waals surface area contributed by atoms with Crippen molar-refractivity contribution in [2.75, 3.05) is 13.3 Å². The average molecular weight is 197 g/mol. The molecule has 0 heterocycles. The van der Waals surface area contributed by atoms with Crippen LogP contribution in [-0.2, 0) is 0 Å². The number of hydrogen-bond acceptors (Lipinski definition) is 3. The van der Waals surface area contributed by atoms with Crippen LogP contribution in [0.3, 0.4) is 0 Å². The zero-order chi connectivity index (χ0) is 9.84. The van der Waals surface area contributed by atoms with E-state index in [0.29, 0.717) is 5.75 Å². The molecule has 0 spiro atoms. The molecule has 0 fully saturated rings. The Morgan fingerprint density at radius 1 is 1.46 bits per heavy atom. The summed E-state index contributed by atoms with van der Waals surface area (Å²) >= 11 is 1.68. The zero-order valence-electron chi connectivity index (χ0n) is 8.16. The molecule has 0 bridgehead atoms. The molecule has 1 rings (SSSR count). The minimum absolute atomic E-state index is 0.187. The molecule has 0 saturated heterocycles. The highest BCUT2D eigenvalue weighted by molar-refractivity contribution is 7.98. The summed E-state index contributed by atoms with van der Waals surface area (Å²) in [4.78, 5) is 1.18. The van der Waals surface area contributed by atoms with E-state index in [4.69, 9.17) is 0 Å². The van der Waals surface area contributed by atoms with Crippen LogP contribution in [0.2, 0.25) is 0 Å². The number of hydrogen-bond donors (Lipinski definition) is 2. The number of aromatic hydroxyl groups is 1. The number of phenols is 1. The molecule has 1 aromatic rings. The third-order valence-corrected chi connectivity index (χ3v) is 2.86. The lowest BCUT2D eigenvalue weighted by Crippen LogP contribution is -2.12. The summed E-state index contributed by atoms with van der Waals surface area (Å²) < 4.78 is 0. The van der Waals surface area contributed by atoms with Crippen LogP contribution in [0, 0.1) is 0 Å². The highest BCUT2D eigenvalue weighted by atomic mass is 32.2. The van der Waals surface area contributed by atoms with Gasteiger partial charge in [-0.25, -0.2) is 0 Å². The molecule has 0 aliphatic heterocycles. The van der Waals surface area contributed by atoms with Crippen LogP contribution in [0.25, 0.3) is 0 Å². The molecule has 0 aromatic heterocycles. The molecule has 0 saturated carbocycles. The number of rotatable bonds is 3. The molecule has 2 nitrogen and oxygen atoms in total. The van der Waals surface area contributed by atoms with Crippen LogP contribution < -0.4 is 5.32 Å². The third-order valence-electron chi connectivity index (χ3n) is 2.13. The van der Waals surface area contributed by atoms with Crippen LogP contribution in [0.5, 0.6) is 5.75 Å². The van der Waals surface area contributed by atoms with Gasteiger partial charge in [-0.1, -0.05) is 0 Å². The Balaban J connectivity index is 3.03. The molecule has 13 heavy (non-hydrogen) atoms. The van der Waals surface area contributed by atoms with E-state index in [1.807, 2.05) is 32.4 Å². The maximum absolute atomic E-state index is 9.58. The standard InChI is InChI=1S/C10H15NOS/c1-7(11-2)9-6-8(13-3)4-5-10(9)12/h4-7,11-12H,1-3H3. The average Bonchev–Trinajstić information content (AvgIpc) is 2.17. The third kappa shape index (κ3) is 2.39. The predicted molar refractivity (Wildman–Crippen MR) is 57.4 cm³/mol. The number of phenolic OH excluding ortho intramolecular Hbond substituents is 1. The summed E-state index contributed by atoms with van der Waals surface area (Å²) in [5.41, 5.74) is 0.953. The van der Waals surface area contributed by atoms with Crippen molar-refractivity contribution in [3.63, 3.8) is 0 Å². The van der Waals surface area contributed by atoms with Crippen LogP contribution in [0.15, 0.2) is 23.1 Å². The fourth-order valence-corrected chi connectivity index (χ4v) is 1.61. The highest BCUT2D eigenvalue weighted by Crippen LogP contribution is 2.28. The Morgan fingerprint density at radius 2 is 2.15 bits per heavy atom. The predicted octanol–water partition coefficient (Wildman–Crippen LogP) is 2.39.